The Morgan fingerprint density at radius 1 is 1.33 bits per heavy atom. The molecule has 2 unspecified atom stereocenters. The Bertz CT molecular complexity index is 299. The lowest BCUT2D eigenvalue weighted by molar-refractivity contribution is 0.529. The third-order valence-electron chi connectivity index (χ3n) is 2.89. The molecule has 0 spiro atoms. The molecule has 1 aromatic rings. The van der Waals surface area contributed by atoms with Gasteiger partial charge in [-0.25, -0.2) is 0 Å². The maximum atomic E-state index is 3.59. The molecule has 1 aromatic carbocycles. The van der Waals surface area contributed by atoms with Crippen molar-refractivity contribution in [3.05, 3.63) is 35.4 Å². The van der Waals surface area contributed by atoms with Crippen molar-refractivity contribution in [3.8, 4) is 0 Å². The average Bonchev–Trinajstić information content (AvgIpc) is 2.30. The van der Waals surface area contributed by atoms with Crippen LogP contribution in [0.3, 0.4) is 0 Å². The second-order valence-electron chi connectivity index (χ2n) is 4.32. The Hall–Kier alpha value is -0.470. The summed E-state index contributed by atoms with van der Waals surface area (Å²) >= 11 is 2.03. The molecule has 0 amide bonds. The summed E-state index contributed by atoms with van der Waals surface area (Å²) in [4.78, 5) is 0. The molecule has 2 atom stereocenters. The lowest BCUT2D eigenvalue weighted by Crippen LogP contribution is -2.31. The summed E-state index contributed by atoms with van der Waals surface area (Å²) in [5, 5.41) is 4.09. The highest BCUT2D eigenvalue weighted by Gasteiger charge is 2.18. The summed E-state index contributed by atoms with van der Waals surface area (Å²) in [7, 11) is 0. The van der Waals surface area contributed by atoms with E-state index in [0.29, 0.717) is 5.37 Å². The minimum absolute atomic E-state index is 0.507. The number of nitrogens with one attached hydrogen (secondary N) is 1. The standard InChI is InChI=1S/C13H19NS/c1-3-11-4-6-12(7-5-11)13-14-8-10(2)9-15-13/h4-7,10,13-14H,3,8-9H2,1-2H3. The van der Waals surface area contributed by atoms with Gasteiger partial charge in [-0.3, -0.25) is 0 Å². The highest BCUT2D eigenvalue weighted by Crippen LogP contribution is 2.31. The summed E-state index contributed by atoms with van der Waals surface area (Å²) in [6.07, 6.45) is 1.13. The van der Waals surface area contributed by atoms with E-state index in [0.717, 1.165) is 18.9 Å². The van der Waals surface area contributed by atoms with Gasteiger partial charge in [0.25, 0.3) is 0 Å². The summed E-state index contributed by atoms with van der Waals surface area (Å²) in [6.45, 7) is 5.65. The number of benzene rings is 1. The molecule has 82 valence electrons. The van der Waals surface area contributed by atoms with Gasteiger partial charge in [0, 0.05) is 0 Å². The molecule has 2 heteroatoms. The number of hydrogen-bond acceptors (Lipinski definition) is 2. The molecule has 1 saturated heterocycles. The summed E-state index contributed by atoms with van der Waals surface area (Å²) in [5.74, 6) is 2.08. The van der Waals surface area contributed by atoms with E-state index in [1.165, 1.54) is 16.9 Å². The zero-order chi connectivity index (χ0) is 10.7. The first kappa shape index (κ1) is 11.0. The van der Waals surface area contributed by atoms with E-state index in [-0.39, 0.29) is 0 Å². The van der Waals surface area contributed by atoms with Crippen molar-refractivity contribution < 1.29 is 0 Å². The summed E-state index contributed by atoms with van der Waals surface area (Å²) in [5.41, 5.74) is 2.84. The van der Waals surface area contributed by atoms with Crippen LogP contribution in [0.2, 0.25) is 0 Å². The van der Waals surface area contributed by atoms with E-state index in [4.69, 9.17) is 0 Å². The van der Waals surface area contributed by atoms with Gasteiger partial charge in [-0.05, 0) is 35.8 Å². The van der Waals surface area contributed by atoms with Crippen molar-refractivity contribution in [3.63, 3.8) is 0 Å². The van der Waals surface area contributed by atoms with Gasteiger partial charge in [0.2, 0.25) is 0 Å². The van der Waals surface area contributed by atoms with Crippen molar-refractivity contribution in [2.75, 3.05) is 12.3 Å². The smallest absolute Gasteiger partial charge is 0.0789 e. The molecule has 15 heavy (non-hydrogen) atoms. The normalized spacial score (nSPS) is 26.5. The maximum Gasteiger partial charge on any atom is 0.0789 e. The van der Waals surface area contributed by atoms with Gasteiger partial charge in [-0.15, -0.1) is 11.8 Å². The second kappa shape index (κ2) is 5.04. The predicted molar refractivity (Wildman–Crippen MR) is 68.2 cm³/mol. The molecule has 1 aliphatic rings. The van der Waals surface area contributed by atoms with Crippen LogP contribution in [0.4, 0.5) is 0 Å². The maximum absolute atomic E-state index is 3.59. The van der Waals surface area contributed by atoms with Gasteiger partial charge in [0.05, 0.1) is 5.37 Å². The molecule has 2 rings (SSSR count). The fraction of sp³-hybridized carbons (Fsp3) is 0.538. The Labute approximate surface area is 96.7 Å². The number of aryl methyl sites for hydroxylation is 1. The molecule has 1 N–H and O–H groups in total. The van der Waals surface area contributed by atoms with Crippen molar-refractivity contribution >= 4 is 11.8 Å². The van der Waals surface area contributed by atoms with Gasteiger partial charge in [0.1, 0.15) is 0 Å². The quantitative estimate of drug-likeness (QED) is 0.823. The Kier molecular flexibility index (Phi) is 3.71. The highest BCUT2D eigenvalue weighted by molar-refractivity contribution is 7.99. The second-order valence-corrected chi connectivity index (χ2v) is 5.46. The van der Waals surface area contributed by atoms with Crippen molar-refractivity contribution in [1.82, 2.24) is 5.32 Å². The van der Waals surface area contributed by atoms with Gasteiger partial charge in [-0.2, -0.15) is 0 Å². The average molecular weight is 221 g/mol. The largest absolute Gasteiger partial charge is 0.301 e. The number of thioether (sulfide) groups is 1. The van der Waals surface area contributed by atoms with E-state index in [1.54, 1.807) is 0 Å². The zero-order valence-corrected chi connectivity index (χ0v) is 10.3. The molecular weight excluding hydrogens is 202 g/mol. The fourth-order valence-corrected chi connectivity index (χ4v) is 3.03. The molecule has 0 saturated carbocycles. The molecule has 0 radical (unpaired) electrons. The molecule has 1 aliphatic heterocycles. The first-order chi connectivity index (χ1) is 7.29. The van der Waals surface area contributed by atoms with E-state index >= 15 is 0 Å². The zero-order valence-electron chi connectivity index (χ0n) is 9.49. The fourth-order valence-electron chi connectivity index (χ4n) is 1.83. The van der Waals surface area contributed by atoms with Crippen LogP contribution in [-0.2, 0) is 6.42 Å². The van der Waals surface area contributed by atoms with Crippen molar-refractivity contribution in [2.45, 2.75) is 25.6 Å². The lowest BCUT2D eigenvalue weighted by atomic mass is 10.1. The van der Waals surface area contributed by atoms with Crippen LogP contribution in [0.5, 0.6) is 0 Å². The Morgan fingerprint density at radius 2 is 2.07 bits per heavy atom. The van der Waals surface area contributed by atoms with Crippen LogP contribution in [0.1, 0.15) is 30.3 Å². The molecular formula is C13H19NS. The Balaban J connectivity index is 2.03. The summed E-state index contributed by atoms with van der Waals surface area (Å²) in [6, 6.07) is 9.02. The van der Waals surface area contributed by atoms with Crippen molar-refractivity contribution in [2.24, 2.45) is 5.92 Å². The van der Waals surface area contributed by atoms with E-state index in [2.05, 4.69) is 43.4 Å². The topological polar surface area (TPSA) is 12.0 Å². The first-order valence-electron chi connectivity index (χ1n) is 5.73. The van der Waals surface area contributed by atoms with Gasteiger partial charge >= 0.3 is 0 Å². The van der Waals surface area contributed by atoms with Crippen LogP contribution in [0.15, 0.2) is 24.3 Å². The molecule has 1 heterocycles. The van der Waals surface area contributed by atoms with Gasteiger partial charge < -0.3 is 5.32 Å². The third-order valence-corrected chi connectivity index (χ3v) is 4.42. The molecule has 0 bridgehead atoms. The number of rotatable bonds is 2. The third kappa shape index (κ3) is 2.76. The van der Waals surface area contributed by atoms with E-state index < -0.39 is 0 Å². The minimum Gasteiger partial charge on any atom is -0.301 e. The van der Waals surface area contributed by atoms with Crippen LogP contribution in [0.25, 0.3) is 0 Å². The van der Waals surface area contributed by atoms with Crippen molar-refractivity contribution in [1.29, 1.82) is 0 Å². The first-order valence-corrected chi connectivity index (χ1v) is 6.78. The van der Waals surface area contributed by atoms with Gasteiger partial charge in [0.15, 0.2) is 0 Å². The van der Waals surface area contributed by atoms with Crippen LogP contribution in [-0.4, -0.2) is 12.3 Å². The monoisotopic (exact) mass is 221 g/mol. The molecule has 1 fully saturated rings. The SMILES string of the molecule is CCc1ccc(C2NCC(C)CS2)cc1. The van der Waals surface area contributed by atoms with Gasteiger partial charge in [-0.1, -0.05) is 38.1 Å². The lowest BCUT2D eigenvalue weighted by Gasteiger charge is -2.27. The van der Waals surface area contributed by atoms with E-state index in [9.17, 15) is 0 Å². The predicted octanol–water partition coefficient (Wildman–Crippen LogP) is 3.22. The van der Waals surface area contributed by atoms with E-state index in [1.807, 2.05) is 11.8 Å². The highest BCUT2D eigenvalue weighted by atomic mass is 32.2. The molecule has 0 aromatic heterocycles. The summed E-state index contributed by atoms with van der Waals surface area (Å²) < 4.78 is 0. The Morgan fingerprint density at radius 3 is 2.60 bits per heavy atom. The minimum atomic E-state index is 0.507. The van der Waals surface area contributed by atoms with Crippen LogP contribution >= 0.6 is 11.8 Å². The number of hydrogen-bond donors (Lipinski definition) is 1. The van der Waals surface area contributed by atoms with Crippen LogP contribution in [0, 0.1) is 5.92 Å². The van der Waals surface area contributed by atoms with Crippen LogP contribution < -0.4 is 5.32 Å². The molecule has 1 nitrogen and oxygen atoms in total. The molecule has 0 aliphatic carbocycles.